The summed E-state index contributed by atoms with van der Waals surface area (Å²) in [6.45, 7) is 5.90. The molecule has 2 aromatic carbocycles. The Balaban J connectivity index is 1.35. The largest absolute Gasteiger partial charge is 0.454 e. The van der Waals surface area contributed by atoms with Crippen molar-refractivity contribution in [1.29, 1.82) is 0 Å². The fourth-order valence-corrected chi connectivity index (χ4v) is 3.83. The van der Waals surface area contributed by atoms with E-state index in [0.29, 0.717) is 28.8 Å². The molecule has 1 atom stereocenters. The van der Waals surface area contributed by atoms with Gasteiger partial charge in [0.2, 0.25) is 18.5 Å². The van der Waals surface area contributed by atoms with Crippen LogP contribution in [0.15, 0.2) is 47.0 Å². The SMILES string of the molecule is CC(C)c1ccc(-c2noc(CN3C(=O)NC(C)(c4ccc5c(c4)OCO5)C3=O)n2)cc1. The molecule has 2 aliphatic heterocycles. The third-order valence-corrected chi connectivity index (χ3v) is 5.82. The Morgan fingerprint density at radius 1 is 1.09 bits per heavy atom. The van der Waals surface area contributed by atoms with Crippen LogP contribution in [-0.2, 0) is 16.9 Å². The van der Waals surface area contributed by atoms with E-state index in [1.54, 1.807) is 25.1 Å². The van der Waals surface area contributed by atoms with Crippen molar-refractivity contribution >= 4 is 11.9 Å². The maximum absolute atomic E-state index is 13.2. The number of benzene rings is 2. The van der Waals surface area contributed by atoms with Gasteiger partial charge in [0.05, 0.1) is 0 Å². The van der Waals surface area contributed by atoms with Gasteiger partial charge in [0.25, 0.3) is 5.91 Å². The molecule has 32 heavy (non-hydrogen) atoms. The zero-order chi connectivity index (χ0) is 22.5. The molecule has 0 spiro atoms. The van der Waals surface area contributed by atoms with Crippen molar-refractivity contribution in [1.82, 2.24) is 20.4 Å². The molecule has 3 amide bonds. The highest BCUT2D eigenvalue weighted by Gasteiger charge is 2.49. The average Bonchev–Trinajstić information content (AvgIpc) is 3.49. The van der Waals surface area contributed by atoms with Crippen LogP contribution in [0.1, 0.15) is 43.7 Å². The molecule has 1 N–H and O–H groups in total. The fraction of sp³-hybridized carbons (Fsp3) is 0.304. The Bertz CT molecular complexity index is 1200. The Hall–Kier alpha value is -3.88. The highest BCUT2D eigenvalue weighted by atomic mass is 16.7. The van der Waals surface area contributed by atoms with Gasteiger partial charge in [-0.25, -0.2) is 4.79 Å². The maximum atomic E-state index is 13.2. The number of hydrogen-bond donors (Lipinski definition) is 1. The Morgan fingerprint density at radius 3 is 2.59 bits per heavy atom. The summed E-state index contributed by atoms with van der Waals surface area (Å²) in [5.74, 6) is 1.72. The summed E-state index contributed by atoms with van der Waals surface area (Å²) < 4.78 is 16.0. The Kier molecular flexibility index (Phi) is 4.61. The highest BCUT2D eigenvalue weighted by Crippen LogP contribution is 2.38. The first-order valence-corrected chi connectivity index (χ1v) is 10.3. The molecular weight excluding hydrogens is 412 g/mol. The predicted molar refractivity (Wildman–Crippen MR) is 113 cm³/mol. The first-order chi connectivity index (χ1) is 15.3. The third-order valence-electron chi connectivity index (χ3n) is 5.82. The lowest BCUT2D eigenvalue weighted by Crippen LogP contribution is -2.40. The zero-order valence-electron chi connectivity index (χ0n) is 17.9. The summed E-state index contributed by atoms with van der Waals surface area (Å²) >= 11 is 0. The number of ether oxygens (including phenoxy) is 2. The number of hydrogen-bond acceptors (Lipinski definition) is 7. The van der Waals surface area contributed by atoms with Crippen molar-refractivity contribution in [2.45, 2.75) is 38.8 Å². The van der Waals surface area contributed by atoms with Crippen molar-refractivity contribution in [2.75, 3.05) is 6.79 Å². The molecule has 1 aromatic heterocycles. The lowest BCUT2D eigenvalue weighted by molar-refractivity contribution is -0.131. The van der Waals surface area contributed by atoms with Gasteiger partial charge in [-0.2, -0.15) is 4.98 Å². The van der Waals surface area contributed by atoms with Gasteiger partial charge in [0.15, 0.2) is 11.5 Å². The van der Waals surface area contributed by atoms with Crippen molar-refractivity contribution in [3.05, 3.63) is 59.5 Å². The minimum Gasteiger partial charge on any atom is -0.454 e. The van der Waals surface area contributed by atoms with Gasteiger partial charge in [-0.1, -0.05) is 49.3 Å². The van der Waals surface area contributed by atoms with Crippen LogP contribution in [-0.4, -0.2) is 33.8 Å². The fourth-order valence-electron chi connectivity index (χ4n) is 3.83. The van der Waals surface area contributed by atoms with Crippen LogP contribution in [0.3, 0.4) is 0 Å². The molecule has 3 heterocycles. The number of nitrogens with zero attached hydrogens (tertiary/aromatic N) is 3. The quantitative estimate of drug-likeness (QED) is 0.612. The van der Waals surface area contributed by atoms with E-state index in [4.69, 9.17) is 14.0 Å². The summed E-state index contributed by atoms with van der Waals surface area (Å²) in [7, 11) is 0. The summed E-state index contributed by atoms with van der Waals surface area (Å²) in [6.07, 6.45) is 0. The molecular formula is C23H22N4O5. The number of fused-ring (bicyclic) bond motifs is 1. The summed E-state index contributed by atoms with van der Waals surface area (Å²) in [4.78, 5) is 31.3. The predicted octanol–water partition coefficient (Wildman–Crippen LogP) is 3.56. The van der Waals surface area contributed by atoms with E-state index < -0.39 is 17.5 Å². The normalized spacial score (nSPS) is 19.7. The van der Waals surface area contributed by atoms with E-state index in [1.807, 2.05) is 24.3 Å². The summed E-state index contributed by atoms with van der Waals surface area (Å²) in [5, 5.41) is 6.77. The van der Waals surface area contributed by atoms with Crippen molar-refractivity contribution in [3.63, 3.8) is 0 Å². The molecule has 0 bridgehead atoms. The monoisotopic (exact) mass is 434 g/mol. The van der Waals surface area contributed by atoms with Crippen molar-refractivity contribution in [3.8, 4) is 22.9 Å². The van der Waals surface area contributed by atoms with Crippen LogP contribution in [0.4, 0.5) is 4.79 Å². The number of rotatable bonds is 5. The van der Waals surface area contributed by atoms with Gasteiger partial charge in [0, 0.05) is 5.56 Å². The number of carbonyl (C=O) groups excluding carboxylic acids is 2. The molecule has 164 valence electrons. The first kappa shape index (κ1) is 20.0. The lowest BCUT2D eigenvalue weighted by atomic mass is 9.91. The first-order valence-electron chi connectivity index (χ1n) is 10.3. The van der Waals surface area contributed by atoms with Gasteiger partial charge in [0.1, 0.15) is 12.1 Å². The Labute approximate surface area is 184 Å². The summed E-state index contributed by atoms with van der Waals surface area (Å²) in [6, 6.07) is 12.5. The van der Waals surface area contributed by atoms with Gasteiger partial charge in [-0.15, -0.1) is 0 Å². The third kappa shape index (κ3) is 3.26. The molecule has 0 saturated carbocycles. The molecule has 0 aliphatic carbocycles. The zero-order valence-corrected chi connectivity index (χ0v) is 17.9. The van der Waals surface area contributed by atoms with Crippen LogP contribution in [0.25, 0.3) is 11.4 Å². The topological polar surface area (TPSA) is 107 Å². The molecule has 0 radical (unpaired) electrons. The van der Waals surface area contributed by atoms with Gasteiger partial charge < -0.3 is 19.3 Å². The molecule has 2 aliphatic rings. The summed E-state index contributed by atoms with van der Waals surface area (Å²) in [5.41, 5.74) is 1.36. The van der Waals surface area contributed by atoms with E-state index in [-0.39, 0.29) is 19.2 Å². The number of amides is 3. The standard InChI is InChI=1S/C23H22N4O5/c1-13(2)14-4-6-15(7-5-14)20-24-19(32-26-20)11-27-21(28)23(3,25-22(27)29)16-8-9-17-18(10-16)31-12-30-17/h4-10,13H,11-12H2,1-3H3,(H,25,29). The van der Waals surface area contributed by atoms with Crippen molar-refractivity contribution in [2.24, 2.45) is 0 Å². The van der Waals surface area contributed by atoms with Gasteiger partial charge in [-0.3, -0.25) is 9.69 Å². The van der Waals surface area contributed by atoms with E-state index >= 15 is 0 Å². The maximum Gasteiger partial charge on any atom is 0.325 e. The lowest BCUT2D eigenvalue weighted by Gasteiger charge is -2.22. The second-order valence-corrected chi connectivity index (χ2v) is 8.30. The molecule has 9 nitrogen and oxygen atoms in total. The van der Waals surface area contributed by atoms with E-state index in [0.717, 1.165) is 10.5 Å². The minimum absolute atomic E-state index is 0.123. The van der Waals surface area contributed by atoms with E-state index in [1.165, 1.54) is 5.56 Å². The van der Waals surface area contributed by atoms with Crippen LogP contribution < -0.4 is 14.8 Å². The smallest absolute Gasteiger partial charge is 0.325 e. The van der Waals surface area contributed by atoms with Crippen LogP contribution in [0, 0.1) is 0 Å². The highest BCUT2D eigenvalue weighted by molar-refractivity contribution is 6.07. The Morgan fingerprint density at radius 2 is 1.84 bits per heavy atom. The van der Waals surface area contributed by atoms with E-state index in [9.17, 15) is 9.59 Å². The van der Waals surface area contributed by atoms with Gasteiger partial charge >= 0.3 is 6.03 Å². The van der Waals surface area contributed by atoms with Crippen LogP contribution in [0.5, 0.6) is 11.5 Å². The second-order valence-electron chi connectivity index (χ2n) is 8.30. The number of carbonyl (C=O) groups is 2. The molecule has 9 heteroatoms. The molecule has 3 aromatic rings. The number of nitrogens with one attached hydrogen (secondary N) is 1. The molecule has 1 unspecified atom stereocenters. The van der Waals surface area contributed by atoms with E-state index in [2.05, 4.69) is 29.3 Å². The van der Waals surface area contributed by atoms with Crippen molar-refractivity contribution < 1.29 is 23.6 Å². The molecule has 1 fully saturated rings. The number of aromatic nitrogens is 2. The average molecular weight is 434 g/mol. The minimum atomic E-state index is -1.24. The van der Waals surface area contributed by atoms with Crippen LogP contribution >= 0.6 is 0 Å². The second kappa shape index (κ2) is 7.37. The number of urea groups is 1. The van der Waals surface area contributed by atoms with Gasteiger partial charge in [-0.05, 0) is 36.1 Å². The molecule has 5 rings (SSSR count). The van der Waals surface area contributed by atoms with Crippen LogP contribution in [0.2, 0.25) is 0 Å². The number of imide groups is 1. The molecule has 1 saturated heterocycles.